The number of piperidine rings is 1. The zero-order valence-corrected chi connectivity index (χ0v) is 16.3. The number of nitrogens with one attached hydrogen (secondary N) is 2. The molecule has 0 unspecified atom stereocenters. The summed E-state index contributed by atoms with van der Waals surface area (Å²) in [5, 5.41) is 6.85. The van der Waals surface area contributed by atoms with Gasteiger partial charge in [-0.2, -0.15) is 0 Å². The zero-order chi connectivity index (χ0) is 17.4. The number of carbonyl (C=O) groups excluding carboxylic acids is 1. The van der Waals surface area contributed by atoms with Gasteiger partial charge in [0.25, 0.3) is 0 Å². The number of benzene rings is 1. The number of amides is 1. The topological polar surface area (TPSA) is 54.0 Å². The van der Waals surface area contributed by atoms with E-state index in [0.29, 0.717) is 5.75 Å². The summed E-state index contributed by atoms with van der Waals surface area (Å²) in [7, 11) is 0. The second-order valence-electron chi connectivity index (χ2n) is 7.80. The Morgan fingerprint density at radius 3 is 2.62 bits per heavy atom. The van der Waals surface area contributed by atoms with E-state index >= 15 is 0 Å². The number of thiazole rings is 1. The standard InChI is InChI=1S/C18H25N3OS2/c1-17(2)9-12(10-18(3,4)21-17)19-15(22)11-23-16-20-13-7-5-6-8-14(13)24-16/h5-8,12,21H,9-11H2,1-4H3,(H,19,22). The molecule has 2 N–H and O–H groups in total. The van der Waals surface area contributed by atoms with E-state index in [-0.39, 0.29) is 23.0 Å². The summed E-state index contributed by atoms with van der Waals surface area (Å²) in [6.45, 7) is 8.79. The number of hydrogen-bond acceptors (Lipinski definition) is 5. The van der Waals surface area contributed by atoms with Gasteiger partial charge in [0.2, 0.25) is 5.91 Å². The van der Waals surface area contributed by atoms with Crippen LogP contribution in [0.15, 0.2) is 28.6 Å². The van der Waals surface area contributed by atoms with E-state index in [2.05, 4.69) is 49.4 Å². The van der Waals surface area contributed by atoms with Crippen LogP contribution in [0.1, 0.15) is 40.5 Å². The Balaban J connectivity index is 1.55. The average Bonchev–Trinajstić information content (AvgIpc) is 2.84. The van der Waals surface area contributed by atoms with Gasteiger partial charge in [0, 0.05) is 17.1 Å². The van der Waals surface area contributed by atoms with Gasteiger partial charge >= 0.3 is 0 Å². The first-order valence-corrected chi connectivity index (χ1v) is 10.1. The highest BCUT2D eigenvalue weighted by Gasteiger charge is 2.38. The van der Waals surface area contributed by atoms with Crippen LogP contribution in [-0.4, -0.2) is 33.8 Å². The normalized spacial score (nSPS) is 20.2. The Bertz CT molecular complexity index is 690. The van der Waals surface area contributed by atoms with Crippen molar-refractivity contribution in [3.63, 3.8) is 0 Å². The molecule has 0 saturated carbocycles. The minimum absolute atomic E-state index is 0.0415. The predicted molar refractivity (Wildman–Crippen MR) is 103 cm³/mol. The molecule has 1 aliphatic heterocycles. The Morgan fingerprint density at radius 1 is 1.29 bits per heavy atom. The number of hydrogen-bond donors (Lipinski definition) is 2. The van der Waals surface area contributed by atoms with Crippen LogP contribution in [0.4, 0.5) is 0 Å². The van der Waals surface area contributed by atoms with Crippen LogP contribution in [-0.2, 0) is 4.79 Å². The van der Waals surface area contributed by atoms with Crippen LogP contribution >= 0.6 is 23.1 Å². The fraction of sp³-hybridized carbons (Fsp3) is 0.556. The van der Waals surface area contributed by atoms with E-state index in [1.807, 2.05) is 18.2 Å². The van der Waals surface area contributed by atoms with Crippen molar-refractivity contribution in [2.75, 3.05) is 5.75 Å². The molecule has 24 heavy (non-hydrogen) atoms. The molecule has 1 saturated heterocycles. The first-order chi connectivity index (χ1) is 11.2. The van der Waals surface area contributed by atoms with Gasteiger partial charge in [-0.1, -0.05) is 23.9 Å². The molecule has 6 heteroatoms. The van der Waals surface area contributed by atoms with E-state index in [1.165, 1.54) is 16.5 Å². The van der Waals surface area contributed by atoms with Crippen molar-refractivity contribution in [3.05, 3.63) is 24.3 Å². The molecule has 2 heterocycles. The Labute approximate surface area is 151 Å². The molecule has 1 aliphatic rings. The smallest absolute Gasteiger partial charge is 0.230 e. The molecule has 1 fully saturated rings. The van der Waals surface area contributed by atoms with E-state index in [9.17, 15) is 4.79 Å². The van der Waals surface area contributed by atoms with Crippen molar-refractivity contribution in [1.29, 1.82) is 0 Å². The summed E-state index contributed by atoms with van der Waals surface area (Å²) >= 11 is 3.17. The first kappa shape index (κ1) is 17.7. The lowest BCUT2D eigenvalue weighted by atomic mass is 9.79. The number of thioether (sulfide) groups is 1. The SMILES string of the molecule is CC1(C)CC(NC(=O)CSc2nc3ccccc3s2)CC(C)(C)N1. The van der Waals surface area contributed by atoms with Crippen LogP contribution in [0, 0.1) is 0 Å². The number of fused-ring (bicyclic) bond motifs is 1. The predicted octanol–water partition coefficient (Wildman–Crippen LogP) is 3.81. The zero-order valence-electron chi connectivity index (χ0n) is 14.7. The molecule has 0 radical (unpaired) electrons. The molecule has 130 valence electrons. The fourth-order valence-electron chi connectivity index (χ4n) is 3.73. The van der Waals surface area contributed by atoms with Gasteiger partial charge in [-0.05, 0) is 52.7 Å². The molecule has 2 aromatic rings. The molecular formula is C18H25N3OS2. The van der Waals surface area contributed by atoms with Crippen molar-refractivity contribution < 1.29 is 4.79 Å². The van der Waals surface area contributed by atoms with E-state index in [0.717, 1.165) is 22.7 Å². The monoisotopic (exact) mass is 363 g/mol. The highest BCUT2D eigenvalue weighted by Crippen LogP contribution is 2.30. The lowest BCUT2D eigenvalue weighted by Gasteiger charge is -2.46. The summed E-state index contributed by atoms with van der Waals surface area (Å²) in [5.41, 5.74) is 1.09. The quantitative estimate of drug-likeness (QED) is 0.811. The second kappa shape index (κ2) is 6.65. The maximum absolute atomic E-state index is 12.3. The summed E-state index contributed by atoms with van der Waals surface area (Å²) in [5.74, 6) is 0.516. The van der Waals surface area contributed by atoms with Crippen LogP contribution in [0.5, 0.6) is 0 Å². The lowest BCUT2D eigenvalue weighted by Crippen LogP contribution is -2.62. The highest BCUT2D eigenvalue weighted by atomic mass is 32.2. The van der Waals surface area contributed by atoms with Gasteiger partial charge in [-0.25, -0.2) is 4.98 Å². The summed E-state index contributed by atoms with van der Waals surface area (Å²) in [4.78, 5) is 16.9. The number of rotatable bonds is 4. The van der Waals surface area contributed by atoms with Crippen LogP contribution in [0.3, 0.4) is 0 Å². The van der Waals surface area contributed by atoms with Crippen LogP contribution in [0.25, 0.3) is 10.2 Å². The Hall–Kier alpha value is -1.11. The van der Waals surface area contributed by atoms with Crippen molar-refractivity contribution >= 4 is 39.2 Å². The molecule has 0 atom stereocenters. The van der Waals surface area contributed by atoms with Gasteiger partial charge in [0.15, 0.2) is 4.34 Å². The maximum Gasteiger partial charge on any atom is 0.230 e. The number of aromatic nitrogens is 1. The average molecular weight is 364 g/mol. The molecule has 1 aromatic carbocycles. The summed E-state index contributed by atoms with van der Waals surface area (Å²) in [6.07, 6.45) is 1.90. The minimum Gasteiger partial charge on any atom is -0.353 e. The number of nitrogens with zero attached hydrogens (tertiary/aromatic N) is 1. The fourth-order valence-corrected chi connectivity index (χ4v) is 5.61. The third-order valence-corrected chi connectivity index (χ3v) is 6.34. The van der Waals surface area contributed by atoms with Crippen molar-refractivity contribution in [2.45, 2.75) is 62.0 Å². The molecule has 1 amide bonds. The largest absolute Gasteiger partial charge is 0.353 e. The molecule has 0 aliphatic carbocycles. The number of para-hydroxylation sites is 1. The van der Waals surface area contributed by atoms with Crippen molar-refractivity contribution in [3.8, 4) is 0 Å². The Morgan fingerprint density at radius 2 is 1.96 bits per heavy atom. The van der Waals surface area contributed by atoms with Gasteiger partial charge in [-0.15, -0.1) is 11.3 Å². The highest BCUT2D eigenvalue weighted by molar-refractivity contribution is 8.01. The lowest BCUT2D eigenvalue weighted by molar-refractivity contribution is -0.119. The van der Waals surface area contributed by atoms with Gasteiger partial charge < -0.3 is 10.6 Å². The molecule has 0 spiro atoms. The molecule has 0 bridgehead atoms. The van der Waals surface area contributed by atoms with Gasteiger partial charge in [0.1, 0.15) is 0 Å². The third kappa shape index (κ3) is 4.49. The minimum atomic E-state index is 0.0415. The Kier molecular flexibility index (Phi) is 4.91. The molecule has 4 nitrogen and oxygen atoms in total. The van der Waals surface area contributed by atoms with Crippen molar-refractivity contribution in [1.82, 2.24) is 15.6 Å². The maximum atomic E-state index is 12.3. The van der Waals surface area contributed by atoms with Gasteiger partial charge in [-0.3, -0.25) is 4.79 Å². The van der Waals surface area contributed by atoms with Crippen LogP contribution in [0.2, 0.25) is 0 Å². The molecule has 3 rings (SSSR count). The van der Waals surface area contributed by atoms with E-state index in [1.54, 1.807) is 11.3 Å². The van der Waals surface area contributed by atoms with E-state index in [4.69, 9.17) is 0 Å². The van der Waals surface area contributed by atoms with Gasteiger partial charge in [0.05, 0.1) is 16.0 Å². The first-order valence-electron chi connectivity index (χ1n) is 8.30. The van der Waals surface area contributed by atoms with E-state index < -0.39 is 0 Å². The molecular weight excluding hydrogens is 338 g/mol. The summed E-state index contributed by atoms with van der Waals surface area (Å²) in [6, 6.07) is 8.30. The third-order valence-electron chi connectivity index (χ3n) is 4.16. The molecule has 1 aromatic heterocycles. The van der Waals surface area contributed by atoms with Crippen LogP contribution < -0.4 is 10.6 Å². The van der Waals surface area contributed by atoms with Crippen molar-refractivity contribution in [2.24, 2.45) is 0 Å². The summed E-state index contributed by atoms with van der Waals surface area (Å²) < 4.78 is 2.12. The second-order valence-corrected chi connectivity index (χ2v) is 10.1. The number of carbonyl (C=O) groups is 1.